The van der Waals surface area contributed by atoms with Gasteiger partial charge in [-0.15, -0.1) is 0 Å². The molecule has 0 rings (SSSR count). The number of allylic oxidation sites excluding steroid dienone is 1. The van der Waals surface area contributed by atoms with Gasteiger partial charge >= 0.3 is 0 Å². The van der Waals surface area contributed by atoms with Crippen LogP contribution in [0.2, 0.25) is 0 Å². The van der Waals surface area contributed by atoms with Crippen molar-refractivity contribution in [1.82, 2.24) is 0 Å². The van der Waals surface area contributed by atoms with Gasteiger partial charge in [-0.2, -0.15) is 0 Å². The Balaban J connectivity index is 3.16. The minimum atomic E-state index is 0.152. The Morgan fingerprint density at radius 3 is 2.50 bits per heavy atom. The van der Waals surface area contributed by atoms with Crippen LogP contribution in [-0.2, 0) is 0 Å². The zero-order valence-electron chi connectivity index (χ0n) is 6.51. The van der Waals surface area contributed by atoms with Gasteiger partial charge in [0.1, 0.15) is 0 Å². The first-order valence-corrected chi connectivity index (χ1v) is 3.68. The number of hydrogen-bond acceptors (Lipinski definition) is 2. The zero-order valence-corrected chi connectivity index (χ0v) is 6.51. The molecule has 2 heteroatoms. The quantitative estimate of drug-likeness (QED) is 0.448. The maximum Gasteiger partial charge on any atom is 0.0639 e. The fourth-order valence-electron chi connectivity index (χ4n) is 0.669. The van der Waals surface area contributed by atoms with E-state index in [-0.39, 0.29) is 13.2 Å². The van der Waals surface area contributed by atoms with Crippen LogP contribution in [0.15, 0.2) is 11.6 Å². The normalized spacial score (nSPS) is 12.1. The molecule has 60 valence electrons. The van der Waals surface area contributed by atoms with E-state index in [1.54, 1.807) is 0 Å². The topological polar surface area (TPSA) is 40.5 Å². The van der Waals surface area contributed by atoms with Gasteiger partial charge in [-0.1, -0.05) is 11.6 Å². The lowest BCUT2D eigenvalue weighted by Gasteiger charge is -1.94. The van der Waals surface area contributed by atoms with E-state index >= 15 is 0 Å². The molecule has 0 radical (unpaired) electrons. The highest BCUT2D eigenvalue weighted by Crippen LogP contribution is 1.99. The highest BCUT2D eigenvalue weighted by atomic mass is 16.3. The third-order valence-corrected chi connectivity index (χ3v) is 1.35. The van der Waals surface area contributed by atoms with Gasteiger partial charge in [-0.05, 0) is 26.2 Å². The van der Waals surface area contributed by atoms with Gasteiger partial charge in [0.15, 0.2) is 0 Å². The van der Waals surface area contributed by atoms with E-state index < -0.39 is 0 Å². The Labute approximate surface area is 62.2 Å². The van der Waals surface area contributed by atoms with Gasteiger partial charge in [-0.25, -0.2) is 0 Å². The largest absolute Gasteiger partial charge is 0.396 e. The summed E-state index contributed by atoms with van der Waals surface area (Å²) in [6.45, 7) is 2.32. The molecule has 0 aromatic heterocycles. The molecule has 0 aliphatic rings. The number of rotatable bonds is 5. The first kappa shape index (κ1) is 9.66. The molecule has 10 heavy (non-hydrogen) atoms. The van der Waals surface area contributed by atoms with E-state index in [0.717, 1.165) is 24.8 Å². The molecule has 0 aliphatic carbocycles. The lowest BCUT2D eigenvalue weighted by atomic mass is 10.2. The van der Waals surface area contributed by atoms with Crippen LogP contribution in [0.5, 0.6) is 0 Å². The second-order valence-corrected chi connectivity index (χ2v) is 2.43. The minimum absolute atomic E-state index is 0.152. The van der Waals surface area contributed by atoms with E-state index in [4.69, 9.17) is 10.2 Å². The lowest BCUT2D eigenvalue weighted by Crippen LogP contribution is -1.85. The molecule has 0 fully saturated rings. The molecule has 0 aromatic rings. The van der Waals surface area contributed by atoms with Crippen LogP contribution in [0.3, 0.4) is 0 Å². The van der Waals surface area contributed by atoms with Crippen molar-refractivity contribution in [1.29, 1.82) is 0 Å². The molecule has 0 heterocycles. The number of aliphatic hydroxyl groups excluding tert-OH is 2. The summed E-state index contributed by atoms with van der Waals surface area (Å²) >= 11 is 0. The molecule has 2 N–H and O–H groups in total. The summed E-state index contributed by atoms with van der Waals surface area (Å²) in [7, 11) is 0. The summed E-state index contributed by atoms with van der Waals surface area (Å²) in [6.07, 6.45) is 4.84. The first-order valence-electron chi connectivity index (χ1n) is 3.68. The van der Waals surface area contributed by atoms with Crippen molar-refractivity contribution in [3.05, 3.63) is 11.6 Å². The summed E-state index contributed by atoms with van der Waals surface area (Å²) in [6, 6.07) is 0. The maximum absolute atomic E-state index is 8.57. The van der Waals surface area contributed by atoms with Crippen LogP contribution in [0.4, 0.5) is 0 Å². The van der Waals surface area contributed by atoms with Crippen molar-refractivity contribution in [3.8, 4) is 0 Å². The van der Waals surface area contributed by atoms with Gasteiger partial charge < -0.3 is 10.2 Å². The van der Waals surface area contributed by atoms with Crippen LogP contribution in [0.1, 0.15) is 26.2 Å². The molecular weight excluding hydrogens is 128 g/mol. The fourth-order valence-corrected chi connectivity index (χ4v) is 0.669. The average Bonchev–Trinajstić information content (AvgIpc) is 1.98. The maximum atomic E-state index is 8.57. The molecule has 0 aliphatic heterocycles. The van der Waals surface area contributed by atoms with Crippen LogP contribution in [-0.4, -0.2) is 23.4 Å². The van der Waals surface area contributed by atoms with Crippen LogP contribution < -0.4 is 0 Å². The van der Waals surface area contributed by atoms with E-state index in [2.05, 4.69) is 0 Å². The first-order chi connectivity index (χ1) is 4.81. The molecule has 0 unspecified atom stereocenters. The minimum Gasteiger partial charge on any atom is -0.396 e. The SMILES string of the molecule is CC(=CCCCCO)CO. The third-order valence-electron chi connectivity index (χ3n) is 1.35. The smallest absolute Gasteiger partial charge is 0.0639 e. The number of aliphatic hydroxyl groups is 2. The van der Waals surface area contributed by atoms with Gasteiger partial charge in [-0.3, -0.25) is 0 Å². The van der Waals surface area contributed by atoms with Crippen molar-refractivity contribution in [2.75, 3.05) is 13.2 Å². The summed E-state index contributed by atoms with van der Waals surface area (Å²) < 4.78 is 0. The van der Waals surface area contributed by atoms with Crippen molar-refractivity contribution in [2.24, 2.45) is 0 Å². The van der Waals surface area contributed by atoms with Crippen LogP contribution in [0.25, 0.3) is 0 Å². The van der Waals surface area contributed by atoms with E-state index in [9.17, 15) is 0 Å². The Bertz CT molecular complexity index is 97.4. The highest BCUT2D eigenvalue weighted by molar-refractivity contribution is 4.97. The third kappa shape index (κ3) is 5.79. The van der Waals surface area contributed by atoms with Crippen molar-refractivity contribution in [2.45, 2.75) is 26.2 Å². The molecule has 0 atom stereocenters. The second kappa shape index (κ2) is 6.78. The molecule has 0 aromatic carbocycles. The number of unbranched alkanes of at least 4 members (excludes halogenated alkanes) is 2. The van der Waals surface area contributed by atoms with Crippen molar-refractivity contribution >= 4 is 0 Å². The Morgan fingerprint density at radius 2 is 2.00 bits per heavy atom. The number of hydrogen-bond donors (Lipinski definition) is 2. The van der Waals surface area contributed by atoms with E-state index in [1.807, 2.05) is 13.0 Å². The molecule has 2 nitrogen and oxygen atoms in total. The Hall–Kier alpha value is -0.340. The summed E-state index contributed by atoms with van der Waals surface area (Å²) in [5.41, 5.74) is 1.01. The zero-order chi connectivity index (χ0) is 7.82. The van der Waals surface area contributed by atoms with Gasteiger partial charge in [0, 0.05) is 6.61 Å². The summed E-state index contributed by atoms with van der Waals surface area (Å²) in [4.78, 5) is 0. The summed E-state index contributed by atoms with van der Waals surface area (Å²) in [5.74, 6) is 0. The van der Waals surface area contributed by atoms with E-state index in [0.29, 0.717) is 0 Å². The van der Waals surface area contributed by atoms with Crippen LogP contribution >= 0.6 is 0 Å². The molecule has 0 saturated carbocycles. The Kier molecular flexibility index (Phi) is 6.55. The second-order valence-electron chi connectivity index (χ2n) is 2.43. The molecule has 0 saturated heterocycles. The van der Waals surface area contributed by atoms with E-state index in [1.165, 1.54) is 0 Å². The molecule has 0 amide bonds. The fraction of sp³-hybridized carbons (Fsp3) is 0.750. The average molecular weight is 144 g/mol. The summed E-state index contributed by atoms with van der Waals surface area (Å²) in [5, 5.41) is 17.0. The highest BCUT2D eigenvalue weighted by Gasteiger charge is 1.85. The molecule has 0 spiro atoms. The monoisotopic (exact) mass is 144 g/mol. The van der Waals surface area contributed by atoms with Crippen LogP contribution in [0, 0.1) is 0 Å². The predicted octanol–water partition coefficient (Wildman–Crippen LogP) is 1.09. The predicted molar refractivity (Wildman–Crippen MR) is 41.8 cm³/mol. The van der Waals surface area contributed by atoms with Crippen molar-refractivity contribution < 1.29 is 10.2 Å². The molecule has 0 bridgehead atoms. The Morgan fingerprint density at radius 1 is 1.30 bits per heavy atom. The standard InChI is InChI=1S/C8H16O2/c1-8(7-10)5-3-2-4-6-9/h5,9-10H,2-4,6-7H2,1H3. The van der Waals surface area contributed by atoms with Gasteiger partial charge in [0.2, 0.25) is 0 Å². The lowest BCUT2D eigenvalue weighted by molar-refractivity contribution is 0.285. The van der Waals surface area contributed by atoms with Crippen molar-refractivity contribution in [3.63, 3.8) is 0 Å². The molecular formula is C8H16O2. The van der Waals surface area contributed by atoms with Gasteiger partial charge in [0.05, 0.1) is 6.61 Å². The van der Waals surface area contributed by atoms with Gasteiger partial charge in [0.25, 0.3) is 0 Å².